The lowest BCUT2D eigenvalue weighted by Crippen LogP contribution is -2.50. The molecule has 0 aliphatic carbocycles. The SMILES string of the molecule is CC(=O)Nc1ccc(NC(=O)[C@H]2N3C(=O)c4ccccc4[C@H]3SC2(C)C)cc1. The van der Waals surface area contributed by atoms with E-state index in [9.17, 15) is 14.4 Å². The molecule has 2 aromatic rings. The number of benzene rings is 2. The van der Waals surface area contributed by atoms with Crippen LogP contribution in [-0.4, -0.2) is 33.4 Å². The largest absolute Gasteiger partial charge is 0.326 e. The van der Waals surface area contributed by atoms with E-state index in [1.165, 1.54) is 6.92 Å². The van der Waals surface area contributed by atoms with E-state index < -0.39 is 10.8 Å². The van der Waals surface area contributed by atoms with Gasteiger partial charge in [0.1, 0.15) is 11.4 Å². The van der Waals surface area contributed by atoms with E-state index in [0.29, 0.717) is 16.9 Å². The van der Waals surface area contributed by atoms with E-state index in [2.05, 4.69) is 10.6 Å². The molecule has 144 valence electrons. The first-order valence-corrected chi connectivity index (χ1v) is 9.94. The van der Waals surface area contributed by atoms with Gasteiger partial charge in [0.2, 0.25) is 11.8 Å². The van der Waals surface area contributed by atoms with Crippen LogP contribution in [0, 0.1) is 0 Å². The molecule has 3 amide bonds. The lowest BCUT2D eigenvalue weighted by atomic mass is 10.0. The minimum absolute atomic E-state index is 0.0974. The fraction of sp³-hybridized carbons (Fsp3) is 0.286. The van der Waals surface area contributed by atoms with Crippen molar-refractivity contribution < 1.29 is 14.4 Å². The zero-order valence-electron chi connectivity index (χ0n) is 15.9. The van der Waals surface area contributed by atoms with Crippen LogP contribution in [0.3, 0.4) is 0 Å². The summed E-state index contributed by atoms with van der Waals surface area (Å²) < 4.78 is -0.423. The second kappa shape index (κ2) is 6.67. The number of carbonyl (C=O) groups excluding carboxylic acids is 3. The molecule has 0 bridgehead atoms. The molecular weight excluding hydrogens is 374 g/mol. The molecule has 2 aliphatic heterocycles. The van der Waals surface area contributed by atoms with E-state index in [-0.39, 0.29) is 23.1 Å². The normalized spacial score (nSPS) is 21.8. The van der Waals surface area contributed by atoms with Crippen LogP contribution in [0.1, 0.15) is 42.1 Å². The quantitative estimate of drug-likeness (QED) is 0.832. The molecule has 28 heavy (non-hydrogen) atoms. The Hall–Kier alpha value is -2.80. The summed E-state index contributed by atoms with van der Waals surface area (Å²) in [5, 5.41) is 5.47. The fourth-order valence-electron chi connectivity index (χ4n) is 3.86. The second-order valence-corrected chi connectivity index (χ2v) is 9.26. The van der Waals surface area contributed by atoms with Crippen molar-refractivity contribution in [3.8, 4) is 0 Å². The number of carbonyl (C=O) groups is 3. The van der Waals surface area contributed by atoms with Crippen molar-refractivity contribution >= 4 is 40.9 Å². The topological polar surface area (TPSA) is 78.5 Å². The minimum atomic E-state index is -0.586. The Morgan fingerprint density at radius 2 is 1.61 bits per heavy atom. The fourth-order valence-corrected chi connectivity index (χ4v) is 5.44. The summed E-state index contributed by atoms with van der Waals surface area (Å²) in [6.45, 7) is 5.43. The summed E-state index contributed by atoms with van der Waals surface area (Å²) in [6, 6.07) is 13.9. The van der Waals surface area contributed by atoms with Gasteiger partial charge in [0.25, 0.3) is 5.91 Å². The summed E-state index contributed by atoms with van der Waals surface area (Å²) in [7, 11) is 0. The minimum Gasteiger partial charge on any atom is -0.326 e. The highest BCUT2D eigenvalue weighted by Crippen LogP contribution is 2.56. The Morgan fingerprint density at radius 3 is 2.25 bits per heavy atom. The van der Waals surface area contributed by atoms with Crippen LogP contribution in [0.25, 0.3) is 0 Å². The third kappa shape index (κ3) is 3.05. The molecule has 0 spiro atoms. The Balaban J connectivity index is 1.57. The Bertz CT molecular complexity index is 971. The van der Waals surface area contributed by atoms with Gasteiger partial charge in [-0.05, 0) is 49.7 Å². The maximum atomic E-state index is 13.1. The summed E-state index contributed by atoms with van der Waals surface area (Å²) >= 11 is 1.64. The zero-order valence-corrected chi connectivity index (χ0v) is 16.7. The molecule has 2 atom stereocenters. The van der Waals surface area contributed by atoms with Gasteiger partial charge >= 0.3 is 0 Å². The molecule has 7 heteroatoms. The maximum Gasteiger partial charge on any atom is 0.256 e. The van der Waals surface area contributed by atoms with Gasteiger partial charge in [-0.2, -0.15) is 0 Å². The molecular formula is C21H21N3O3S. The number of amides is 3. The Kier molecular flexibility index (Phi) is 4.42. The molecule has 0 radical (unpaired) electrons. The summed E-state index contributed by atoms with van der Waals surface area (Å²) in [6.07, 6.45) is 0. The third-order valence-corrected chi connectivity index (χ3v) is 6.55. The Morgan fingerprint density at radius 1 is 1.00 bits per heavy atom. The first-order valence-electron chi connectivity index (χ1n) is 9.06. The van der Waals surface area contributed by atoms with Gasteiger partial charge in [0.15, 0.2) is 0 Å². The number of hydrogen-bond donors (Lipinski definition) is 2. The summed E-state index contributed by atoms with van der Waals surface area (Å²) in [5.74, 6) is -0.465. The van der Waals surface area contributed by atoms with Gasteiger partial charge in [-0.1, -0.05) is 18.2 Å². The van der Waals surface area contributed by atoms with Gasteiger partial charge in [0.05, 0.1) is 0 Å². The van der Waals surface area contributed by atoms with E-state index in [4.69, 9.17) is 0 Å². The monoisotopic (exact) mass is 395 g/mol. The molecule has 0 unspecified atom stereocenters. The number of anilines is 2. The standard InChI is InChI=1S/C21H21N3O3S/c1-12(25)22-13-8-10-14(11-9-13)23-18(26)17-21(2,3)28-20-16-7-5-4-6-15(16)19(27)24(17)20/h4-11,17,20H,1-3H3,(H,22,25)(H,23,26)/t17-,20-/m1/s1. The van der Waals surface area contributed by atoms with Crippen molar-refractivity contribution in [2.45, 2.75) is 36.9 Å². The molecule has 1 saturated heterocycles. The van der Waals surface area contributed by atoms with E-state index >= 15 is 0 Å². The van der Waals surface area contributed by atoms with Crippen molar-refractivity contribution in [3.63, 3.8) is 0 Å². The number of thioether (sulfide) groups is 1. The van der Waals surface area contributed by atoms with Gasteiger partial charge in [-0.25, -0.2) is 0 Å². The van der Waals surface area contributed by atoms with Crippen LogP contribution in [0.4, 0.5) is 11.4 Å². The van der Waals surface area contributed by atoms with Crippen molar-refractivity contribution in [2.24, 2.45) is 0 Å². The summed E-state index contributed by atoms with van der Waals surface area (Å²) in [5.41, 5.74) is 2.92. The van der Waals surface area contributed by atoms with Crippen LogP contribution in [0.15, 0.2) is 48.5 Å². The highest BCUT2D eigenvalue weighted by molar-refractivity contribution is 8.01. The summed E-state index contributed by atoms with van der Waals surface area (Å²) in [4.78, 5) is 39.0. The second-order valence-electron chi connectivity index (χ2n) is 7.52. The number of rotatable bonds is 3. The highest BCUT2D eigenvalue weighted by Gasteiger charge is 2.57. The number of nitrogens with zero attached hydrogens (tertiary/aromatic N) is 1. The highest BCUT2D eigenvalue weighted by atomic mass is 32.2. The predicted octanol–water partition coefficient (Wildman–Crippen LogP) is 3.63. The predicted molar refractivity (Wildman–Crippen MR) is 110 cm³/mol. The molecule has 0 saturated carbocycles. The Labute approximate surface area is 167 Å². The molecule has 2 heterocycles. The van der Waals surface area contributed by atoms with E-state index in [0.717, 1.165) is 5.56 Å². The van der Waals surface area contributed by atoms with Crippen LogP contribution < -0.4 is 10.6 Å². The average molecular weight is 395 g/mol. The van der Waals surface area contributed by atoms with Crippen LogP contribution in [0.2, 0.25) is 0 Å². The van der Waals surface area contributed by atoms with Crippen molar-refractivity contribution in [3.05, 3.63) is 59.7 Å². The average Bonchev–Trinajstić information content (AvgIpc) is 3.06. The van der Waals surface area contributed by atoms with Crippen LogP contribution in [-0.2, 0) is 9.59 Å². The molecule has 2 aliphatic rings. The smallest absolute Gasteiger partial charge is 0.256 e. The molecule has 2 aromatic carbocycles. The van der Waals surface area contributed by atoms with E-state index in [1.807, 2.05) is 38.1 Å². The number of fused-ring (bicyclic) bond motifs is 3. The molecule has 1 fully saturated rings. The van der Waals surface area contributed by atoms with Gasteiger partial charge in [0, 0.05) is 28.6 Å². The first-order chi connectivity index (χ1) is 13.3. The number of nitrogens with one attached hydrogen (secondary N) is 2. The van der Waals surface area contributed by atoms with Gasteiger partial charge < -0.3 is 15.5 Å². The van der Waals surface area contributed by atoms with Crippen LogP contribution in [0.5, 0.6) is 0 Å². The van der Waals surface area contributed by atoms with Gasteiger partial charge in [-0.3, -0.25) is 14.4 Å². The molecule has 4 rings (SSSR count). The zero-order chi connectivity index (χ0) is 20.1. The molecule has 6 nitrogen and oxygen atoms in total. The van der Waals surface area contributed by atoms with Crippen molar-refractivity contribution in [1.82, 2.24) is 4.90 Å². The van der Waals surface area contributed by atoms with Crippen molar-refractivity contribution in [2.75, 3.05) is 10.6 Å². The maximum absolute atomic E-state index is 13.1. The van der Waals surface area contributed by atoms with Crippen LogP contribution >= 0.6 is 11.8 Å². The number of hydrogen-bond acceptors (Lipinski definition) is 4. The first kappa shape index (κ1) is 18.6. The van der Waals surface area contributed by atoms with Crippen molar-refractivity contribution in [1.29, 1.82) is 0 Å². The third-order valence-electron chi connectivity index (χ3n) is 5.02. The molecule has 0 aromatic heterocycles. The van der Waals surface area contributed by atoms with Gasteiger partial charge in [-0.15, -0.1) is 11.8 Å². The lowest BCUT2D eigenvalue weighted by Gasteiger charge is -2.29. The lowest BCUT2D eigenvalue weighted by molar-refractivity contribution is -0.121. The molecule has 2 N–H and O–H groups in total. The van der Waals surface area contributed by atoms with E-state index in [1.54, 1.807) is 40.9 Å².